The van der Waals surface area contributed by atoms with E-state index in [0.717, 1.165) is 24.3 Å². The van der Waals surface area contributed by atoms with Gasteiger partial charge >= 0.3 is 0 Å². The third kappa shape index (κ3) is 4.08. The highest BCUT2D eigenvalue weighted by atomic mass is 79.9. The molecule has 0 saturated carbocycles. The van der Waals surface area contributed by atoms with Gasteiger partial charge in [0, 0.05) is 0 Å². The smallest absolute Gasteiger partial charge is 0.169 e. The first-order valence-electron chi connectivity index (χ1n) is 6.52. The van der Waals surface area contributed by atoms with Gasteiger partial charge in [-0.1, -0.05) is 24.6 Å². The molecule has 0 aliphatic heterocycles. The van der Waals surface area contributed by atoms with Crippen molar-refractivity contribution >= 4 is 27.5 Å². The van der Waals surface area contributed by atoms with Crippen LogP contribution < -0.4 is 5.32 Å². The van der Waals surface area contributed by atoms with E-state index >= 15 is 0 Å². The van der Waals surface area contributed by atoms with Crippen LogP contribution in [0, 0.1) is 5.82 Å². The molecular weight excluding hydrogens is 345 g/mol. The largest absolute Gasteiger partial charge is 0.453 e. The summed E-state index contributed by atoms with van der Waals surface area (Å²) in [5.74, 6) is 0.444. The Balaban J connectivity index is 2.16. The lowest BCUT2D eigenvalue weighted by Gasteiger charge is -2.16. The molecule has 0 bridgehead atoms. The van der Waals surface area contributed by atoms with Gasteiger partial charge in [0.05, 0.1) is 11.1 Å². The number of benzene rings is 1. The van der Waals surface area contributed by atoms with E-state index in [1.807, 2.05) is 18.2 Å². The number of nitrogens with one attached hydrogen (secondary N) is 1. The highest BCUT2D eigenvalue weighted by Crippen LogP contribution is 2.25. The maximum absolute atomic E-state index is 13.5. The van der Waals surface area contributed by atoms with Crippen molar-refractivity contribution in [1.82, 2.24) is 5.32 Å². The molecule has 0 fully saturated rings. The Morgan fingerprint density at radius 3 is 2.75 bits per heavy atom. The minimum atomic E-state index is -0.390. The maximum Gasteiger partial charge on any atom is 0.169 e. The normalized spacial score (nSPS) is 12.6. The topological polar surface area (TPSA) is 25.2 Å². The van der Waals surface area contributed by atoms with Gasteiger partial charge in [-0.2, -0.15) is 0 Å². The second kappa shape index (κ2) is 7.25. The molecule has 108 valence electrons. The van der Waals surface area contributed by atoms with Gasteiger partial charge in [0.15, 0.2) is 4.67 Å². The van der Waals surface area contributed by atoms with E-state index in [1.165, 1.54) is 6.07 Å². The predicted octanol–water partition coefficient (Wildman–Crippen LogP) is 5.12. The molecule has 0 aliphatic rings. The Bertz CT molecular complexity index is 573. The van der Waals surface area contributed by atoms with Crippen molar-refractivity contribution in [3.05, 3.63) is 57.2 Å². The van der Waals surface area contributed by atoms with Crippen LogP contribution in [0.4, 0.5) is 4.39 Å². The Labute approximate surface area is 131 Å². The molecule has 0 radical (unpaired) electrons. The molecule has 0 amide bonds. The molecule has 0 spiro atoms. The highest BCUT2D eigenvalue weighted by Gasteiger charge is 2.16. The summed E-state index contributed by atoms with van der Waals surface area (Å²) in [6.45, 7) is 2.98. The molecule has 2 nitrogen and oxygen atoms in total. The number of hydrogen-bond donors (Lipinski definition) is 1. The zero-order valence-electron chi connectivity index (χ0n) is 11.1. The van der Waals surface area contributed by atoms with E-state index in [9.17, 15) is 4.39 Å². The van der Waals surface area contributed by atoms with Crippen LogP contribution >= 0.6 is 27.5 Å². The van der Waals surface area contributed by atoms with Gasteiger partial charge in [0.2, 0.25) is 0 Å². The fourth-order valence-electron chi connectivity index (χ4n) is 2.01. The van der Waals surface area contributed by atoms with E-state index < -0.39 is 0 Å². The summed E-state index contributed by atoms with van der Waals surface area (Å²) in [5, 5.41) is 3.56. The fourth-order valence-corrected chi connectivity index (χ4v) is 2.45. The quantitative estimate of drug-likeness (QED) is 0.773. The minimum Gasteiger partial charge on any atom is -0.453 e. The highest BCUT2D eigenvalue weighted by molar-refractivity contribution is 9.10. The van der Waals surface area contributed by atoms with Crippen LogP contribution in [-0.2, 0) is 6.42 Å². The monoisotopic (exact) mass is 359 g/mol. The van der Waals surface area contributed by atoms with E-state index in [-0.39, 0.29) is 16.9 Å². The van der Waals surface area contributed by atoms with Crippen LogP contribution in [0.2, 0.25) is 5.02 Å². The van der Waals surface area contributed by atoms with E-state index in [1.54, 1.807) is 6.07 Å². The summed E-state index contributed by atoms with van der Waals surface area (Å²) in [5.41, 5.74) is 0.882. The van der Waals surface area contributed by atoms with Crippen LogP contribution in [0.15, 0.2) is 39.4 Å². The first-order chi connectivity index (χ1) is 9.60. The molecule has 1 aromatic heterocycles. The van der Waals surface area contributed by atoms with Crippen molar-refractivity contribution in [3.8, 4) is 0 Å². The van der Waals surface area contributed by atoms with Crippen LogP contribution in [-0.4, -0.2) is 6.54 Å². The lowest BCUT2D eigenvalue weighted by atomic mass is 10.0. The standard InChI is InChI=1S/C15H16BrClFNO/c1-2-7-19-13(14-5-6-15(16)20-14)9-10-3-4-11(17)12(18)8-10/h3-6,8,13,19H,2,7,9H2,1H3. The Morgan fingerprint density at radius 1 is 1.35 bits per heavy atom. The molecule has 0 saturated heterocycles. The Kier molecular flexibility index (Phi) is 5.64. The van der Waals surface area contributed by atoms with E-state index in [2.05, 4.69) is 28.2 Å². The molecule has 1 N–H and O–H groups in total. The molecule has 2 rings (SSSR count). The van der Waals surface area contributed by atoms with Crippen LogP contribution in [0.5, 0.6) is 0 Å². The lowest BCUT2D eigenvalue weighted by Crippen LogP contribution is -2.23. The van der Waals surface area contributed by atoms with Crippen LogP contribution in [0.3, 0.4) is 0 Å². The predicted molar refractivity (Wildman–Crippen MR) is 82.6 cm³/mol. The zero-order valence-corrected chi connectivity index (χ0v) is 13.5. The van der Waals surface area contributed by atoms with Crippen molar-refractivity contribution in [3.63, 3.8) is 0 Å². The van der Waals surface area contributed by atoms with Crippen molar-refractivity contribution in [1.29, 1.82) is 0 Å². The van der Waals surface area contributed by atoms with Gasteiger partial charge in [0.25, 0.3) is 0 Å². The van der Waals surface area contributed by atoms with Gasteiger partial charge < -0.3 is 9.73 Å². The summed E-state index contributed by atoms with van der Waals surface area (Å²) in [4.78, 5) is 0. The van der Waals surface area contributed by atoms with Gasteiger partial charge in [0.1, 0.15) is 11.6 Å². The van der Waals surface area contributed by atoms with Gasteiger partial charge in [-0.3, -0.25) is 0 Å². The SMILES string of the molecule is CCCNC(Cc1ccc(Cl)c(F)c1)c1ccc(Br)o1. The van der Waals surface area contributed by atoms with Crippen LogP contribution in [0.25, 0.3) is 0 Å². The fraction of sp³-hybridized carbons (Fsp3) is 0.333. The minimum absolute atomic E-state index is 0.0156. The average molecular weight is 361 g/mol. The number of hydrogen-bond acceptors (Lipinski definition) is 2. The molecule has 1 atom stereocenters. The first kappa shape index (κ1) is 15.5. The van der Waals surface area contributed by atoms with Crippen molar-refractivity contribution in [2.75, 3.05) is 6.54 Å². The van der Waals surface area contributed by atoms with Gasteiger partial charge in [-0.05, 0) is 65.1 Å². The summed E-state index contributed by atoms with van der Waals surface area (Å²) in [6.07, 6.45) is 1.67. The van der Waals surface area contributed by atoms with Crippen molar-refractivity contribution in [2.24, 2.45) is 0 Å². The molecule has 0 aliphatic carbocycles. The first-order valence-corrected chi connectivity index (χ1v) is 7.69. The van der Waals surface area contributed by atoms with Crippen molar-refractivity contribution in [2.45, 2.75) is 25.8 Å². The second-order valence-electron chi connectivity index (χ2n) is 4.60. The van der Waals surface area contributed by atoms with E-state index in [4.69, 9.17) is 16.0 Å². The molecular formula is C15H16BrClFNO. The Hall–Kier alpha value is -0.840. The molecule has 1 heterocycles. The lowest BCUT2D eigenvalue weighted by molar-refractivity contribution is 0.399. The molecule has 20 heavy (non-hydrogen) atoms. The molecule has 2 aromatic rings. The van der Waals surface area contributed by atoms with Gasteiger partial charge in [-0.15, -0.1) is 0 Å². The summed E-state index contributed by atoms with van der Waals surface area (Å²) in [7, 11) is 0. The summed E-state index contributed by atoms with van der Waals surface area (Å²) in [6, 6.07) is 8.69. The second-order valence-corrected chi connectivity index (χ2v) is 5.79. The summed E-state index contributed by atoms with van der Waals surface area (Å²) >= 11 is 9.01. The van der Waals surface area contributed by atoms with Crippen molar-refractivity contribution < 1.29 is 8.81 Å². The molecule has 5 heteroatoms. The molecule has 1 aromatic carbocycles. The number of halogens is 3. The average Bonchev–Trinajstić information content (AvgIpc) is 2.85. The summed E-state index contributed by atoms with van der Waals surface area (Å²) < 4.78 is 19.8. The third-order valence-electron chi connectivity index (χ3n) is 3.00. The number of furan rings is 1. The van der Waals surface area contributed by atoms with Gasteiger partial charge in [-0.25, -0.2) is 4.39 Å². The van der Waals surface area contributed by atoms with E-state index in [0.29, 0.717) is 11.1 Å². The molecule has 1 unspecified atom stereocenters. The Morgan fingerprint density at radius 2 is 2.15 bits per heavy atom. The number of rotatable bonds is 6. The maximum atomic E-state index is 13.5. The van der Waals surface area contributed by atoms with Crippen LogP contribution in [0.1, 0.15) is 30.7 Å². The zero-order chi connectivity index (χ0) is 14.5. The third-order valence-corrected chi connectivity index (χ3v) is 3.73.